The van der Waals surface area contributed by atoms with Gasteiger partial charge in [0.05, 0.1) is 11.1 Å². The van der Waals surface area contributed by atoms with Gasteiger partial charge >= 0.3 is 0 Å². The molecule has 78 valence electrons. The van der Waals surface area contributed by atoms with Gasteiger partial charge in [-0.3, -0.25) is 4.79 Å². The maximum atomic E-state index is 13.0. The lowest BCUT2D eigenvalue weighted by atomic mass is 9.97. The van der Waals surface area contributed by atoms with Gasteiger partial charge in [0.15, 0.2) is 5.78 Å². The summed E-state index contributed by atoms with van der Waals surface area (Å²) in [6, 6.07) is 5.80. The summed E-state index contributed by atoms with van der Waals surface area (Å²) in [7, 11) is 0. The van der Waals surface area contributed by atoms with Crippen LogP contribution in [-0.2, 0) is 0 Å². The van der Waals surface area contributed by atoms with Gasteiger partial charge in [0.2, 0.25) is 0 Å². The molecule has 0 N–H and O–H groups in total. The number of ketones is 1. The van der Waals surface area contributed by atoms with E-state index in [1.807, 2.05) is 6.07 Å². The molecule has 1 atom stereocenters. The summed E-state index contributed by atoms with van der Waals surface area (Å²) >= 11 is 5.49. The lowest BCUT2D eigenvalue weighted by Crippen LogP contribution is -2.10. The average molecular weight is 226 g/mol. The summed E-state index contributed by atoms with van der Waals surface area (Å²) in [6.07, 6.45) is 0.128. The van der Waals surface area contributed by atoms with Crippen LogP contribution in [0.5, 0.6) is 0 Å². The van der Waals surface area contributed by atoms with Crippen LogP contribution < -0.4 is 0 Å². The first-order valence-electron chi connectivity index (χ1n) is 4.42. The molecule has 0 heterocycles. The number of hydrogen-bond donors (Lipinski definition) is 0. The molecule has 0 amide bonds. The first kappa shape index (κ1) is 11.7. The zero-order chi connectivity index (χ0) is 11.4. The largest absolute Gasteiger partial charge is 0.294 e. The summed E-state index contributed by atoms with van der Waals surface area (Å²) in [4.78, 5) is 11.6. The van der Waals surface area contributed by atoms with Crippen LogP contribution in [0.4, 0.5) is 4.39 Å². The molecular formula is C11H9ClFNO. The number of halogens is 2. The molecule has 1 unspecified atom stereocenters. The van der Waals surface area contributed by atoms with Crippen molar-refractivity contribution in [3.8, 4) is 6.07 Å². The predicted molar refractivity (Wildman–Crippen MR) is 55.1 cm³/mol. The molecule has 0 aliphatic carbocycles. The monoisotopic (exact) mass is 225 g/mol. The number of Topliss-reactive ketones (excluding diaryl/α,β-unsaturated/α-hetero) is 1. The quantitative estimate of drug-likeness (QED) is 0.741. The van der Waals surface area contributed by atoms with Crippen molar-refractivity contribution in [2.45, 2.75) is 13.3 Å². The minimum atomic E-state index is -0.619. The Kier molecular flexibility index (Phi) is 3.81. The molecule has 0 radical (unpaired) electrons. The van der Waals surface area contributed by atoms with E-state index in [9.17, 15) is 9.18 Å². The molecule has 1 rings (SSSR count). The van der Waals surface area contributed by atoms with Crippen molar-refractivity contribution in [3.63, 3.8) is 0 Å². The Labute approximate surface area is 92.3 Å². The third-order valence-corrected chi connectivity index (χ3v) is 2.36. The molecule has 0 saturated carbocycles. The smallest absolute Gasteiger partial charge is 0.166 e. The van der Waals surface area contributed by atoms with Crippen molar-refractivity contribution >= 4 is 17.4 Å². The van der Waals surface area contributed by atoms with Gasteiger partial charge in [0, 0.05) is 17.9 Å². The number of carbonyl (C=O) groups is 1. The highest BCUT2D eigenvalue weighted by Crippen LogP contribution is 2.18. The molecule has 1 aromatic rings. The van der Waals surface area contributed by atoms with Crippen molar-refractivity contribution in [1.82, 2.24) is 0 Å². The normalized spacial score (nSPS) is 11.9. The van der Waals surface area contributed by atoms with Crippen molar-refractivity contribution in [3.05, 3.63) is 34.6 Å². The fourth-order valence-electron chi connectivity index (χ4n) is 1.16. The van der Waals surface area contributed by atoms with Gasteiger partial charge in [0.1, 0.15) is 5.82 Å². The number of benzene rings is 1. The molecule has 4 heteroatoms. The van der Waals surface area contributed by atoms with Crippen molar-refractivity contribution in [2.75, 3.05) is 0 Å². The standard InChI is InChI=1S/C11H9ClFNO/c1-7(4-5-14)11(15)8-2-3-9(12)10(13)6-8/h2-3,6-7H,4H2,1H3. The van der Waals surface area contributed by atoms with E-state index < -0.39 is 11.7 Å². The third-order valence-electron chi connectivity index (χ3n) is 2.05. The van der Waals surface area contributed by atoms with Gasteiger partial charge in [-0.15, -0.1) is 0 Å². The van der Waals surface area contributed by atoms with Crippen LogP contribution in [0.1, 0.15) is 23.7 Å². The van der Waals surface area contributed by atoms with Crippen LogP contribution in [-0.4, -0.2) is 5.78 Å². The van der Waals surface area contributed by atoms with Gasteiger partial charge in [-0.1, -0.05) is 18.5 Å². The Morgan fingerprint density at radius 2 is 2.33 bits per heavy atom. The molecule has 0 saturated heterocycles. The number of rotatable bonds is 3. The predicted octanol–water partition coefficient (Wildman–Crippen LogP) is 3.21. The molecule has 0 spiro atoms. The highest BCUT2D eigenvalue weighted by molar-refractivity contribution is 6.30. The Balaban J connectivity index is 2.93. The second kappa shape index (κ2) is 4.90. The fraction of sp³-hybridized carbons (Fsp3) is 0.273. The van der Waals surface area contributed by atoms with E-state index >= 15 is 0 Å². The van der Waals surface area contributed by atoms with E-state index in [4.69, 9.17) is 16.9 Å². The van der Waals surface area contributed by atoms with Crippen molar-refractivity contribution in [2.24, 2.45) is 5.92 Å². The van der Waals surface area contributed by atoms with Gasteiger partial charge < -0.3 is 0 Å². The van der Waals surface area contributed by atoms with E-state index in [2.05, 4.69) is 0 Å². The van der Waals surface area contributed by atoms with E-state index in [1.54, 1.807) is 6.92 Å². The number of nitriles is 1. The van der Waals surface area contributed by atoms with Crippen LogP contribution in [0.15, 0.2) is 18.2 Å². The van der Waals surface area contributed by atoms with Crippen LogP contribution in [0.25, 0.3) is 0 Å². The second-order valence-corrected chi connectivity index (χ2v) is 3.66. The van der Waals surface area contributed by atoms with Crippen LogP contribution >= 0.6 is 11.6 Å². The van der Waals surface area contributed by atoms with Crippen molar-refractivity contribution in [1.29, 1.82) is 5.26 Å². The maximum Gasteiger partial charge on any atom is 0.166 e. The third kappa shape index (κ3) is 2.77. The Hall–Kier alpha value is -1.40. The number of carbonyl (C=O) groups excluding carboxylic acids is 1. The highest BCUT2D eigenvalue weighted by Gasteiger charge is 2.15. The number of hydrogen-bond acceptors (Lipinski definition) is 2. The van der Waals surface area contributed by atoms with Gasteiger partial charge in [0.25, 0.3) is 0 Å². The fourth-order valence-corrected chi connectivity index (χ4v) is 1.28. The van der Waals surface area contributed by atoms with E-state index in [1.165, 1.54) is 12.1 Å². The SMILES string of the molecule is CC(CC#N)C(=O)c1ccc(Cl)c(F)c1. The van der Waals surface area contributed by atoms with Crippen molar-refractivity contribution < 1.29 is 9.18 Å². The summed E-state index contributed by atoms with van der Waals surface area (Å²) in [5.41, 5.74) is 0.250. The first-order chi connectivity index (χ1) is 7.06. The Morgan fingerprint density at radius 3 is 2.87 bits per heavy atom. The zero-order valence-electron chi connectivity index (χ0n) is 8.13. The van der Waals surface area contributed by atoms with Gasteiger partial charge in [-0.2, -0.15) is 5.26 Å². The molecule has 15 heavy (non-hydrogen) atoms. The first-order valence-corrected chi connectivity index (χ1v) is 4.80. The minimum Gasteiger partial charge on any atom is -0.294 e. The summed E-state index contributed by atoms with van der Waals surface area (Å²) < 4.78 is 13.0. The van der Waals surface area contributed by atoms with Crippen LogP contribution in [0.2, 0.25) is 5.02 Å². The van der Waals surface area contributed by atoms with E-state index in [0.717, 1.165) is 6.07 Å². The van der Waals surface area contributed by atoms with E-state index in [0.29, 0.717) is 0 Å². The molecule has 1 aromatic carbocycles. The molecule has 0 fully saturated rings. The second-order valence-electron chi connectivity index (χ2n) is 3.26. The van der Waals surface area contributed by atoms with Gasteiger partial charge in [-0.05, 0) is 18.2 Å². The highest BCUT2D eigenvalue weighted by atomic mass is 35.5. The summed E-state index contributed by atoms with van der Waals surface area (Å²) in [5.74, 6) is -1.28. The summed E-state index contributed by atoms with van der Waals surface area (Å²) in [6.45, 7) is 1.64. The van der Waals surface area contributed by atoms with Gasteiger partial charge in [-0.25, -0.2) is 4.39 Å². The molecule has 0 aromatic heterocycles. The molecular weight excluding hydrogens is 217 g/mol. The van der Waals surface area contributed by atoms with E-state index in [-0.39, 0.29) is 22.8 Å². The lowest BCUT2D eigenvalue weighted by Gasteiger charge is -2.06. The molecule has 0 bridgehead atoms. The Bertz CT molecular complexity index is 425. The van der Waals surface area contributed by atoms with Crippen LogP contribution in [0, 0.1) is 23.1 Å². The minimum absolute atomic E-state index is 0.0144. The topological polar surface area (TPSA) is 40.9 Å². The zero-order valence-corrected chi connectivity index (χ0v) is 8.88. The maximum absolute atomic E-state index is 13.0. The summed E-state index contributed by atoms with van der Waals surface area (Å²) in [5, 5.41) is 8.42. The Morgan fingerprint density at radius 1 is 1.67 bits per heavy atom. The molecule has 0 aliphatic heterocycles. The molecule has 2 nitrogen and oxygen atoms in total. The van der Waals surface area contributed by atoms with Crippen LogP contribution in [0.3, 0.4) is 0 Å². The average Bonchev–Trinajstić information content (AvgIpc) is 2.21. The number of nitrogens with zero attached hydrogens (tertiary/aromatic N) is 1. The molecule has 0 aliphatic rings. The lowest BCUT2D eigenvalue weighted by molar-refractivity contribution is 0.0931.